The predicted molar refractivity (Wildman–Crippen MR) is 38.4 cm³/mol. The molecule has 0 rings (SSSR count). The minimum absolute atomic E-state index is 0.210. The normalized spacial score (nSPS) is 9.70. The van der Waals surface area contributed by atoms with Crippen LogP contribution < -0.4 is 0 Å². The third kappa shape index (κ3) is 7.08. The van der Waals surface area contributed by atoms with E-state index in [0.29, 0.717) is 6.54 Å². The van der Waals surface area contributed by atoms with Gasteiger partial charge in [-0.15, -0.1) is 0 Å². The second kappa shape index (κ2) is 8.08. The number of isocyanates is 1. The second-order valence-corrected chi connectivity index (χ2v) is 1.77. The van der Waals surface area contributed by atoms with Crippen LogP contribution in [0.15, 0.2) is 17.1 Å². The van der Waals surface area contributed by atoms with Crippen molar-refractivity contribution < 1.29 is 9.90 Å². The fraction of sp³-hybridized carbons (Fsp3) is 0.571. The molecule has 0 aromatic heterocycles. The van der Waals surface area contributed by atoms with Crippen molar-refractivity contribution in [2.24, 2.45) is 4.99 Å². The number of hydrogen-bond acceptors (Lipinski definition) is 3. The topological polar surface area (TPSA) is 49.7 Å². The number of rotatable bonds is 5. The van der Waals surface area contributed by atoms with Gasteiger partial charge in [-0.05, 0) is 12.8 Å². The zero-order valence-corrected chi connectivity index (χ0v) is 5.79. The zero-order chi connectivity index (χ0) is 7.66. The van der Waals surface area contributed by atoms with Crippen molar-refractivity contribution in [1.82, 2.24) is 0 Å². The molecule has 0 saturated carbocycles. The Morgan fingerprint density at radius 3 is 2.90 bits per heavy atom. The van der Waals surface area contributed by atoms with E-state index in [1.807, 2.05) is 6.08 Å². The molecule has 3 nitrogen and oxygen atoms in total. The highest BCUT2D eigenvalue weighted by molar-refractivity contribution is 5.33. The first-order valence-corrected chi connectivity index (χ1v) is 3.21. The largest absolute Gasteiger partial charge is 0.396 e. The summed E-state index contributed by atoms with van der Waals surface area (Å²) in [5.41, 5.74) is 0. The molecule has 0 unspecified atom stereocenters. The van der Waals surface area contributed by atoms with E-state index in [9.17, 15) is 4.79 Å². The molecule has 0 aliphatic rings. The molecule has 0 heterocycles. The fourth-order valence-electron chi connectivity index (χ4n) is 0.491. The molecule has 0 aliphatic heterocycles. The van der Waals surface area contributed by atoms with Crippen LogP contribution in [0.4, 0.5) is 0 Å². The summed E-state index contributed by atoms with van der Waals surface area (Å²) in [5.74, 6) is 0. The average molecular weight is 141 g/mol. The Balaban J connectivity index is 3.11. The summed E-state index contributed by atoms with van der Waals surface area (Å²) in [6, 6.07) is 0. The first kappa shape index (κ1) is 9.08. The number of allylic oxidation sites excluding steroid dienone is 1. The molecule has 0 fully saturated rings. The van der Waals surface area contributed by atoms with E-state index in [-0.39, 0.29) is 6.61 Å². The number of carbonyl (C=O) groups excluding carboxylic acids is 1. The van der Waals surface area contributed by atoms with Gasteiger partial charge >= 0.3 is 0 Å². The molecule has 10 heavy (non-hydrogen) atoms. The molecule has 3 heteroatoms. The molecule has 0 amide bonds. The summed E-state index contributed by atoms with van der Waals surface area (Å²) in [6.45, 7) is 0.607. The Morgan fingerprint density at radius 1 is 1.50 bits per heavy atom. The predicted octanol–water partition coefficient (Wildman–Crippen LogP) is 0.651. The molecule has 0 atom stereocenters. The van der Waals surface area contributed by atoms with Crippen LogP contribution >= 0.6 is 0 Å². The fourth-order valence-corrected chi connectivity index (χ4v) is 0.491. The lowest BCUT2D eigenvalue weighted by atomic mass is 10.3. The second-order valence-electron chi connectivity index (χ2n) is 1.77. The van der Waals surface area contributed by atoms with E-state index in [1.165, 1.54) is 6.08 Å². The maximum Gasteiger partial charge on any atom is 0.235 e. The Morgan fingerprint density at radius 2 is 2.30 bits per heavy atom. The first-order chi connectivity index (χ1) is 4.91. The van der Waals surface area contributed by atoms with Crippen molar-refractivity contribution in [2.45, 2.75) is 12.8 Å². The number of hydrogen-bond donors (Lipinski definition) is 1. The van der Waals surface area contributed by atoms with E-state index in [1.54, 1.807) is 6.08 Å². The van der Waals surface area contributed by atoms with Gasteiger partial charge in [0.2, 0.25) is 6.08 Å². The van der Waals surface area contributed by atoms with Gasteiger partial charge in [0.1, 0.15) is 0 Å². The SMILES string of the molecule is O=C=NC/C=C\CCCO. The van der Waals surface area contributed by atoms with Crippen molar-refractivity contribution in [1.29, 1.82) is 0 Å². The van der Waals surface area contributed by atoms with Crippen molar-refractivity contribution in [2.75, 3.05) is 13.2 Å². The summed E-state index contributed by atoms with van der Waals surface area (Å²) < 4.78 is 0. The molecule has 56 valence electrons. The molecular formula is C7H11NO2. The third-order valence-corrected chi connectivity index (χ3v) is 0.957. The number of unbranched alkanes of at least 4 members (excludes halogenated alkanes) is 1. The number of aliphatic hydroxyl groups excluding tert-OH is 1. The minimum atomic E-state index is 0.210. The van der Waals surface area contributed by atoms with Gasteiger partial charge in [-0.2, -0.15) is 0 Å². The van der Waals surface area contributed by atoms with Crippen LogP contribution in [-0.4, -0.2) is 24.3 Å². The highest BCUT2D eigenvalue weighted by Gasteiger charge is 1.77. The van der Waals surface area contributed by atoms with Gasteiger partial charge in [0.15, 0.2) is 0 Å². The van der Waals surface area contributed by atoms with Crippen molar-refractivity contribution in [3.05, 3.63) is 12.2 Å². The highest BCUT2D eigenvalue weighted by Crippen LogP contribution is 1.88. The smallest absolute Gasteiger partial charge is 0.235 e. The molecule has 0 radical (unpaired) electrons. The van der Waals surface area contributed by atoms with Gasteiger partial charge in [0.05, 0.1) is 6.54 Å². The minimum Gasteiger partial charge on any atom is -0.396 e. The quantitative estimate of drug-likeness (QED) is 0.264. The van der Waals surface area contributed by atoms with Crippen LogP contribution in [0, 0.1) is 0 Å². The molecule has 0 aliphatic carbocycles. The van der Waals surface area contributed by atoms with Crippen LogP contribution in [0.3, 0.4) is 0 Å². The van der Waals surface area contributed by atoms with Crippen LogP contribution in [0.25, 0.3) is 0 Å². The summed E-state index contributed by atoms with van der Waals surface area (Å²) in [4.78, 5) is 12.8. The van der Waals surface area contributed by atoms with Crippen LogP contribution in [-0.2, 0) is 4.79 Å². The average Bonchev–Trinajstić information content (AvgIpc) is 1.97. The molecular weight excluding hydrogens is 130 g/mol. The standard InChI is InChI=1S/C7H11NO2/c9-6-4-2-1-3-5-8-7-10/h1,3,9H,2,4-6H2/b3-1-. The van der Waals surface area contributed by atoms with Crippen LogP contribution in [0.5, 0.6) is 0 Å². The summed E-state index contributed by atoms with van der Waals surface area (Å²) in [5, 5.41) is 8.35. The highest BCUT2D eigenvalue weighted by atomic mass is 16.2. The van der Waals surface area contributed by atoms with E-state index in [0.717, 1.165) is 12.8 Å². The number of aliphatic imine (C=N–C) groups is 1. The molecule has 0 bridgehead atoms. The van der Waals surface area contributed by atoms with E-state index in [2.05, 4.69) is 4.99 Å². The van der Waals surface area contributed by atoms with Crippen LogP contribution in [0.2, 0.25) is 0 Å². The Labute approximate surface area is 60.1 Å². The first-order valence-electron chi connectivity index (χ1n) is 3.21. The lowest BCUT2D eigenvalue weighted by Crippen LogP contribution is -1.78. The summed E-state index contributed by atoms with van der Waals surface area (Å²) >= 11 is 0. The van der Waals surface area contributed by atoms with E-state index < -0.39 is 0 Å². The number of nitrogens with zero attached hydrogens (tertiary/aromatic N) is 1. The Bertz CT molecular complexity index is 137. The summed E-state index contributed by atoms with van der Waals surface area (Å²) in [6.07, 6.45) is 6.70. The van der Waals surface area contributed by atoms with Crippen LogP contribution in [0.1, 0.15) is 12.8 Å². The van der Waals surface area contributed by atoms with Gasteiger partial charge in [0.25, 0.3) is 0 Å². The summed E-state index contributed by atoms with van der Waals surface area (Å²) in [7, 11) is 0. The molecule has 0 aromatic carbocycles. The van der Waals surface area contributed by atoms with Crippen molar-refractivity contribution in [3.63, 3.8) is 0 Å². The molecule has 0 saturated heterocycles. The lowest BCUT2D eigenvalue weighted by Gasteiger charge is -1.85. The van der Waals surface area contributed by atoms with Gasteiger partial charge in [-0.25, -0.2) is 9.79 Å². The third-order valence-electron chi connectivity index (χ3n) is 0.957. The van der Waals surface area contributed by atoms with Gasteiger partial charge < -0.3 is 5.11 Å². The molecule has 0 aromatic rings. The van der Waals surface area contributed by atoms with E-state index in [4.69, 9.17) is 5.11 Å². The van der Waals surface area contributed by atoms with Gasteiger partial charge in [-0.3, -0.25) is 0 Å². The van der Waals surface area contributed by atoms with Gasteiger partial charge in [0, 0.05) is 6.61 Å². The lowest BCUT2D eigenvalue weighted by molar-refractivity contribution is 0.289. The number of aliphatic hydroxyl groups is 1. The zero-order valence-electron chi connectivity index (χ0n) is 5.79. The van der Waals surface area contributed by atoms with E-state index >= 15 is 0 Å². The van der Waals surface area contributed by atoms with Crippen molar-refractivity contribution >= 4 is 6.08 Å². The van der Waals surface area contributed by atoms with Crippen molar-refractivity contribution in [3.8, 4) is 0 Å². The molecule has 0 spiro atoms. The Kier molecular flexibility index (Phi) is 7.34. The Hall–Kier alpha value is -0.920. The van der Waals surface area contributed by atoms with Gasteiger partial charge in [-0.1, -0.05) is 12.2 Å². The maximum atomic E-state index is 9.53. The molecule has 1 N–H and O–H groups in total. The monoisotopic (exact) mass is 141 g/mol. The maximum absolute atomic E-state index is 9.53.